The van der Waals surface area contributed by atoms with E-state index in [-0.39, 0.29) is 11.6 Å². The van der Waals surface area contributed by atoms with E-state index in [4.69, 9.17) is 4.74 Å². The number of benzene rings is 1. The number of nitrogens with zero attached hydrogens (tertiary/aromatic N) is 4. The third-order valence-electron chi connectivity index (χ3n) is 5.28. The molecule has 0 radical (unpaired) electrons. The smallest absolute Gasteiger partial charge is 0.348 e. The first-order valence-electron chi connectivity index (χ1n) is 9.68. The fourth-order valence-electron chi connectivity index (χ4n) is 3.74. The summed E-state index contributed by atoms with van der Waals surface area (Å²) in [6.07, 6.45) is 6.86. The van der Waals surface area contributed by atoms with E-state index in [1.54, 1.807) is 13.3 Å². The van der Waals surface area contributed by atoms with Crippen LogP contribution < -0.4 is 10.4 Å². The van der Waals surface area contributed by atoms with E-state index >= 15 is 0 Å². The quantitative estimate of drug-likeness (QED) is 0.712. The van der Waals surface area contributed by atoms with Crippen LogP contribution in [-0.4, -0.2) is 51.4 Å². The van der Waals surface area contributed by atoms with E-state index in [0.29, 0.717) is 0 Å². The minimum absolute atomic E-state index is 0.201. The van der Waals surface area contributed by atoms with E-state index < -0.39 is 0 Å². The lowest BCUT2D eigenvalue weighted by molar-refractivity contribution is 0.206. The van der Waals surface area contributed by atoms with Crippen LogP contribution in [0.3, 0.4) is 0 Å². The third kappa shape index (κ3) is 4.14. The van der Waals surface area contributed by atoms with Crippen molar-refractivity contribution in [2.45, 2.75) is 25.2 Å². The molecule has 1 fully saturated rings. The Labute approximate surface area is 164 Å². The van der Waals surface area contributed by atoms with Gasteiger partial charge in [-0.3, -0.25) is 9.97 Å². The number of ether oxygens (including phenoxy) is 1. The van der Waals surface area contributed by atoms with Crippen LogP contribution >= 0.6 is 0 Å². The first kappa shape index (κ1) is 18.4. The van der Waals surface area contributed by atoms with E-state index in [0.717, 1.165) is 56.2 Å². The number of pyridine rings is 1. The van der Waals surface area contributed by atoms with Gasteiger partial charge in [0.05, 0.1) is 12.8 Å². The Hall–Kier alpha value is -2.93. The van der Waals surface area contributed by atoms with Gasteiger partial charge in [0, 0.05) is 31.4 Å². The van der Waals surface area contributed by atoms with E-state index in [9.17, 15) is 4.79 Å². The van der Waals surface area contributed by atoms with Gasteiger partial charge in [-0.05, 0) is 61.7 Å². The molecule has 7 nitrogen and oxygen atoms in total. The van der Waals surface area contributed by atoms with Crippen LogP contribution in [0, 0.1) is 0 Å². The van der Waals surface area contributed by atoms with Crippen LogP contribution in [0.25, 0.3) is 5.69 Å². The zero-order valence-corrected chi connectivity index (χ0v) is 16.0. The Morgan fingerprint density at radius 1 is 1.25 bits per heavy atom. The average Bonchev–Trinajstić information content (AvgIpc) is 3.15. The maximum atomic E-state index is 12.4. The number of rotatable bonds is 6. The van der Waals surface area contributed by atoms with Crippen LogP contribution in [0.2, 0.25) is 0 Å². The van der Waals surface area contributed by atoms with E-state index in [2.05, 4.69) is 26.0 Å². The van der Waals surface area contributed by atoms with Crippen LogP contribution in [0.15, 0.2) is 53.6 Å². The molecule has 1 aliphatic rings. The molecule has 28 heavy (non-hydrogen) atoms. The summed E-state index contributed by atoms with van der Waals surface area (Å²) in [5.41, 5.74) is 1.78. The maximum Gasteiger partial charge on any atom is 0.348 e. The van der Waals surface area contributed by atoms with Crippen molar-refractivity contribution in [1.29, 1.82) is 0 Å². The van der Waals surface area contributed by atoms with Gasteiger partial charge in [-0.1, -0.05) is 6.07 Å². The van der Waals surface area contributed by atoms with Gasteiger partial charge in [0.25, 0.3) is 0 Å². The van der Waals surface area contributed by atoms with Crippen LogP contribution in [0.1, 0.15) is 30.1 Å². The molecule has 1 N–H and O–H groups in total. The number of aromatic nitrogens is 4. The third-order valence-corrected chi connectivity index (χ3v) is 5.28. The molecule has 1 aliphatic heterocycles. The average molecular weight is 379 g/mol. The minimum Gasteiger partial charge on any atom is -0.497 e. The topological polar surface area (TPSA) is 76.0 Å². The number of aromatic amines is 1. The molecule has 3 heterocycles. The molecular formula is C21H25N5O2. The molecule has 1 saturated heterocycles. The van der Waals surface area contributed by atoms with Gasteiger partial charge in [-0.2, -0.15) is 4.68 Å². The molecule has 1 unspecified atom stereocenters. The highest BCUT2D eigenvalue weighted by Gasteiger charge is 2.24. The summed E-state index contributed by atoms with van der Waals surface area (Å²) < 4.78 is 6.61. The zero-order valence-electron chi connectivity index (χ0n) is 16.0. The molecule has 4 rings (SSSR count). The lowest BCUT2D eigenvalue weighted by Crippen LogP contribution is -2.36. The van der Waals surface area contributed by atoms with Crippen molar-refractivity contribution in [1.82, 2.24) is 24.6 Å². The molecule has 3 aromatic rings. The summed E-state index contributed by atoms with van der Waals surface area (Å²) in [5.74, 6) is 1.77. The normalized spacial score (nSPS) is 17.5. The highest BCUT2D eigenvalue weighted by molar-refractivity contribution is 5.36. The van der Waals surface area contributed by atoms with Gasteiger partial charge in [0.1, 0.15) is 11.6 Å². The van der Waals surface area contributed by atoms with Gasteiger partial charge in [0.15, 0.2) is 0 Å². The van der Waals surface area contributed by atoms with Crippen molar-refractivity contribution < 1.29 is 4.74 Å². The van der Waals surface area contributed by atoms with Crippen molar-refractivity contribution in [3.8, 4) is 11.4 Å². The number of piperidine rings is 1. The Morgan fingerprint density at radius 3 is 2.86 bits per heavy atom. The number of likely N-dealkylation sites (tertiary alicyclic amines) is 1. The standard InChI is InChI=1S/C21H25N5O2/c1-28-19-8-6-18(7-9-19)26-21(27)23-20(24-26)17-5-3-12-25(15-17)13-10-16-4-2-11-22-14-16/h2,4,6-9,11,14,17H,3,5,10,12-13,15H2,1H3,(H,23,24,27). The highest BCUT2D eigenvalue weighted by atomic mass is 16.5. The highest BCUT2D eigenvalue weighted by Crippen LogP contribution is 2.24. The predicted molar refractivity (Wildman–Crippen MR) is 107 cm³/mol. The van der Waals surface area contributed by atoms with Gasteiger partial charge in [-0.15, -0.1) is 5.10 Å². The van der Waals surface area contributed by atoms with E-state index in [1.165, 1.54) is 10.2 Å². The van der Waals surface area contributed by atoms with Crippen LogP contribution in [-0.2, 0) is 6.42 Å². The van der Waals surface area contributed by atoms with Gasteiger partial charge in [-0.25, -0.2) is 4.79 Å². The summed E-state index contributed by atoms with van der Waals surface area (Å²) in [6, 6.07) is 11.4. The summed E-state index contributed by atoms with van der Waals surface area (Å²) in [6.45, 7) is 2.99. The second-order valence-electron chi connectivity index (χ2n) is 7.18. The van der Waals surface area contributed by atoms with Gasteiger partial charge in [0.2, 0.25) is 0 Å². The predicted octanol–water partition coefficient (Wildman–Crippen LogP) is 2.39. The Kier molecular flexibility index (Phi) is 5.53. The lowest BCUT2D eigenvalue weighted by Gasteiger charge is -2.31. The summed E-state index contributed by atoms with van der Waals surface area (Å²) in [4.78, 5) is 22.0. The van der Waals surface area contributed by atoms with Gasteiger partial charge < -0.3 is 9.64 Å². The molecule has 1 atom stereocenters. The minimum atomic E-state index is -0.201. The fourth-order valence-corrected chi connectivity index (χ4v) is 3.74. The number of H-pyrrole nitrogens is 1. The molecule has 0 aliphatic carbocycles. The molecule has 1 aromatic carbocycles. The van der Waals surface area contributed by atoms with Crippen LogP contribution in [0.4, 0.5) is 0 Å². The van der Waals surface area contributed by atoms with Crippen LogP contribution in [0.5, 0.6) is 5.75 Å². The number of nitrogens with one attached hydrogen (secondary N) is 1. The summed E-state index contributed by atoms with van der Waals surface area (Å²) >= 11 is 0. The second-order valence-corrected chi connectivity index (χ2v) is 7.18. The first-order valence-corrected chi connectivity index (χ1v) is 9.68. The molecule has 0 amide bonds. The monoisotopic (exact) mass is 379 g/mol. The molecule has 7 heteroatoms. The summed E-state index contributed by atoms with van der Waals surface area (Å²) in [5, 5.41) is 4.58. The maximum absolute atomic E-state index is 12.4. The first-order chi connectivity index (χ1) is 13.7. The van der Waals surface area contributed by atoms with Gasteiger partial charge >= 0.3 is 5.69 Å². The van der Waals surface area contributed by atoms with Crippen molar-refractivity contribution in [3.63, 3.8) is 0 Å². The number of hydrogen-bond donors (Lipinski definition) is 1. The van der Waals surface area contributed by atoms with E-state index in [1.807, 2.05) is 36.5 Å². The number of methoxy groups -OCH3 is 1. The van der Waals surface area contributed by atoms with Crippen molar-refractivity contribution in [2.24, 2.45) is 0 Å². The van der Waals surface area contributed by atoms with Crippen molar-refractivity contribution in [3.05, 3.63) is 70.7 Å². The Morgan fingerprint density at radius 2 is 2.11 bits per heavy atom. The Bertz CT molecular complexity index is 949. The summed E-state index contributed by atoms with van der Waals surface area (Å²) in [7, 11) is 1.62. The second kappa shape index (κ2) is 8.39. The van der Waals surface area contributed by atoms with Crippen molar-refractivity contribution >= 4 is 0 Å². The molecule has 0 bridgehead atoms. The molecule has 0 saturated carbocycles. The molecule has 146 valence electrons. The zero-order chi connectivity index (χ0) is 19.3. The molecular weight excluding hydrogens is 354 g/mol. The largest absolute Gasteiger partial charge is 0.497 e. The lowest BCUT2D eigenvalue weighted by atomic mass is 9.97. The SMILES string of the molecule is COc1ccc(-n2nc(C3CCCN(CCc4cccnc4)C3)[nH]c2=O)cc1. The molecule has 0 spiro atoms. The van der Waals surface area contributed by atoms with Crippen molar-refractivity contribution in [2.75, 3.05) is 26.7 Å². The fraction of sp³-hybridized carbons (Fsp3) is 0.381. The Balaban J connectivity index is 1.44. The molecule has 2 aromatic heterocycles. The number of hydrogen-bond acceptors (Lipinski definition) is 5.